The van der Waals surface area contributed by atoms with Gasteiger partial charge >= 0.3 is 12.0 Å². The van der Waals surface area contributed by atoms with Crippen LogP contribution < -0.4 is 0 Å². The number of nitrogens with zero attached hydrogens (tertiary/aromatic N) is 2. The van der Waals surface area contributed by atoms with E-state index in [4.69, 9.17) is 4.74 Å². The molecule has 1 rings (SSSR count). The Morgan fingerprint density at radius 1 is 1.52 bits per heavy atom. The van der Waals surface area contributed by atoms with Crippen molar-refractivity contribution in [3.63, 3.8) is 0 Å². The Bertz CT molecular complexity index is 386. The van der Waals surface area contributed by atoms with Crippen molar-refractivity contribution in [1.82, 2.24) is 9.80 Å². The highest BCUT2D eigenvalue weighted by molar-refractivity contribution is 5.79. The maximum absolute atomic E-state index is 12.6. The van der Waals surface area contributed by atoms with Crippen molar-refractivity contribution >= 4 is 12.0 Å². The molecule has 2 amide bonds. The molecule has 1 heterocycles. The van der Waals surface area contributed by atoms with E-state index in [0.717, 1.165) is 6.42 Å². The molecular formula is C15H26N2O4. The molecule has 1 aliphatic rings. The van der Waals surface area contributed by atoms with Gasteiger partial charge in [-0.2, -0.15) is 0 Å². The van der Waals surface area contributed by atoms with Crippen LogP contribution >= 0.6 is 0 Å². The van der Waals surface area contributed by atoms with Gasteiger partial charge in [-0.15, -0.1) is 6.58 Å². The topological polar surface area (TPSA) is 70.1 Å². The fourth-order valence-corrected chi connectivity index (χ4v) is 2.73. The molecule has 0 spiro atoms. The Balaban J connectivity index is 2.79. The molecule has 21 heavy (non-hydrogen) atoms. The minimum absolute atomic E-state index is 0.134. The van der Waals surface area contributed by atoms with Gasteiger partial charge in [-0.3, -0.25) is 4.79 Å². The van der Waals surface area contributed by atoms with E-state index in [-0.39, 0.29) is 12.6 Å². The second-order valence-electron chi connectivity index (χ2n) is 5.47. The molecule has 1 saturated heterocycles. The Hall–Kier alpha value is -1.56. The van der Waals surface area contributed by atoms with E-state index in [1.54, 1.807) is 23.0 Å². The Labute approximate surface area is 126 Å². The van der Waals surface area contributed by atoms with E-state index in [2.05, 4.69) is 6.58 Å². The number of hydrogen-bond donors (Lipinski definition) is 1. The first kappa shape index (κ1) is 17.5. The van der Waals surface area contributed by atoms with Crippen LogP contribution in [0.4, 0.5) is 4.79 Å². The number of carboxylic acids is 1. The zero-order chi connectivity index (χ0) is 15.9. The van der Waals surface area contributed by atoms with Crippen LogP contribution in [0.1, 0.15) is 26.2 Å². The minimum atomic E-state index is -0.811. The van der Waals surface area contributed by atoms with E-state index in [1.807, 2.05) is 6.92 Å². The number of amides is 2. The smallest absolute Gasteiger partial charge is 0.320 e. The molecule has 0 aromatic rings. The molecule has 0 aromatic carbocycles. The van der Waals surface area contributed by atoms with Gasteiger partial charge in [0.25, 0.3) is 0 Å². The lowest BCUT2D eigenvalue weighted by Gasteiger charge is -2.41. The van der Waals surface area contributed by atoms with Gasteiger partial charge in [0.1, 0.15) is 0 Å². The fraction of sp³-hybridized carbons (Fsp3) is 0.733. The molecule has 0 aromatic heterocycles. The summed E-state index contributed by atoms with van der Waals surface area (Å²) in [6.07, 6.45) is 3.55. The summed E-state index contributed by atoms with van der Waals surface area (Å²) in [5, 5.41) is 9.48. The third-order valence-electron chi connectivity index (χ3n) is 4.16. The van der Waals surface area contributed by atoms with Crippen molar-refractivity contribution in [3.8, 4) is 0 Å². The summed E-state index contributed by atoms with van der Waals surface area (Å²) in [6, 6.07) is -0.134. The zero-order valence-corrected chi connectivity index (χ0v) is 13.0. The summed E-state index contributed by atoms with van der Waals surface area (Å²) in [5.74, 6) is -0.810. The lowest BCUT2D eigenvalue weighted by molar-refractivity contribution is -0.152. The Morgan fingerprint density at radius 3 is 2.76 bits per heavy atom. The number of likely N-dealkylation sites (tertiary alicyclic amines) is 1. The van der Waals surface area contributed by atoms with Crippen molar-refractivity contribution in [3.05, 3.63) is 12.7 Å². The van der Waals surface area contributed by atoms with Crippen LogP contribution in [0.5, 0.6) is 0 Å². The third kappa shape index (κ3) is 4.20. The van der Waals surface area contributed by atoms with Crippen molar-refractivity contribution in [2.45, 2.75) is 26.2 Å². The fourth-order valence-electron chi connectivity index (χ4n) is 2.73. The van der Waals surface area contributed by atoms with E-state index < -0.39 is 11.4 Å². The standard InChI is InChI=1S/C15H26N2O4/c1-4-8-16(10-11-21-3)14(20)17-9-6-7-15(5-2,12-17)13(18)19/h4H,1,5-12H2,2-3H3,(H,18,19). The number of methoxy groups -OCH3 is 1. The van der Waals surface area contributed by atoms with Gasteiger partial charge in [0, 0.05) is 33.3 Å². The highest BCUT2D eigenvalue weighted by Crippen LogP contribution is 2.34. The summed E-state index contributed by atoms with van der Waals surface area (Å²) in [4.78, 5) is 27.4. The predicted octanol–water partition coefficient (Wildman–Crippen LogP) is 1.82. The van der Waals surface area contributed by atoms with Crippen LogP contribution in [0.25, 0.3) is 0 Å². The van der Waals surface area contributed by atoms with Crippen LogP contribution in [0.15, 0.2) is 12.7 Å². The summed E-state index contributed by atoms with van der Waals surface area (Å²) in [5.41, 5.74) is -0.811. The normalized spacial score (nSPS) is 21.9. The van der Waals surface area contributed by atoms with Crippen molar-refractivity contribution in [1.29, 1.82) is 0 Å². The van der Waals surface area contributed by atoms with Gasteiger partial charge in [-0.25, -0.2) is 4.79 Å². The number of rotatable bonds is 7. The van der Waals surface area contributed by atoms with E-state index in [0.29, 0.717) is 39.1 Å². The van der Waals surface area contributed by atoms with E-state index >= 15 is 0 Å². The zero-order valence-electron chi connectivity index (χ0n) is 13.0. The quantitative estimate of drug-likeness (QED) is 0.728. The van der Waals surface area contributed by atoms with Crippen LogP contribution in [0.3, 0.4) is 0 Å². The van der Waals surface area contributed by atoms with Crippen LogP contribution in [-0.2, 0) is 9.53 Å². The third-order valence-corrected chi connectivity index (χ3v) is 4.16. The number of ether oxygens (including phenoxy) is 1. The summed E-state index contributed by atoms with van der Waals surface area (Å²) in [6.45, 7) is 7.77. The minimum Gasteiger partial charge on any atom is -0.481 e. The molecule has 0 radical (unpaired) electrons. The molecule has 1 N–H and O–H groups in total. The maximum atomic E-state index is 12.6. The number of carboxylic acid groups (broad SMARTS) is 1. The predicted molar refractivity (Wildman–Crippen MR) is 80.2 cm³/mol. The second-order valence-corrected chi connectivity index (χ2v) is 5.47. The summed E-state index contributed by atoms with van der Waals surface area (Å²) in [7, 11) is 1.59. The molecule has 6 nitrogen and oxygen atoms in total. The van der Waals surface area contributed by atoms with Gasteiger partial charge in [-0.1, -0.05) is 13.0 Å². The number of aliphatic carboxylic acids is 1. The Morgan fingerprint density at radius 2 is 2.24 bits per heavy atom. The molecule has 120 valence electrons. The maximum Gasteiger partial charge on any atom is 0.320 e. The van der Waals surface area contributed by atoms with Gasteiger partial charge in [0.05, 0.1) is 12.0 Å². The monoisotopic (exact) mass is 298 g/mol. The Kier molecular flexibility index (Phi) is 6.68. The highest BCUT2D eigenvalue weighted by Gasteiger charge is 2.42. The van der Waals surface area contributed by atoms with Crippen LogP contribution in [0, 0.1) is 5.41 Å². The van der Waals surface area contributed by atoms with Gasteiger partial charge in [-0.05, 0) is 19.3 Å². The molecular weight excluding hydrogens is 272 g/mol. The number of carbonyl (C=O) groups is 2. The summed E-state index contributed by atoms with van der Waals surface area (Å²) >= 11 is 0. The van der Waals surface area contributed by atoms with Crippen molar-refractivity contribution < 1.29 is 19.4 Å². The SMILES string of the molecule is C=CCN(CCOC)C(=O)N1CCCC(CC)(C(=O)O)C1. The molecule has 0 saturated carbocycles. The first-order chi connectivity index (χ1) is 10.0. The molecule has 1 unspecified atom stereocenters. The lowest BCUT2D eigenvalue weighted by atomic mass is 9.78. The van der Waals surface area contributed by atoms with E-state index in [9.17, 15) is 14.7 Å². The van der Waals surface area contributed by atoms with Crippen LogP contribution in [-0.4, -0.2) is 66.8 Å². The van der Waals surface area contributed by atoms with Crippen molar-refractivity contribution in [2.24, 2.45) is 5.41 Å². The largest absolute Gasteiger partial charge is 0.481 e. The number of carbonyl (C=O) groups excluding carboxylic acids is 1. The van der Waals surface area contributed by atoms with Gasteiger partial charge in [0.2, 0.25) is 0 Å². The lowest BCUT2D eigenvalue weighted by Crippen LogP contribution is -2.53. The molecule has 0 aliphatic carbocycles. The summed E-state index contributed by atoms with van der Waals surface area (Å²) < 4.78 is 5.02. The average molecular weight is 298 g/mol. The molecule has 1 atom stereocenters. The molecule has 6 heteroatoms. The van der Waals surface area contributed by atoms with Gasteiger partial charge < -0.3 is 19.6 Å². The van der Waals surface area contributed by atoms with Crippen LogP contribution in [0.2, 0.25) is 0 Å². The average Bonchev–Trinajstić information content (AvgIpc) is 2.50. The van der Waals surface area contributed by atoms with E-state index in [1.165, 1.54) is 0 Å². The first-order valence-corrected chi connectivity index (χ1v) is 7.38. The number of urea groups is 1. The number of hydrogen-bond acceptors (Lipinski definition) is 3. The second kappa shape index (κ2) is 8.02. The van der Waals surface area contributed by atoms with Gasteiger partial charge in [0.15, 0.2) is 0 Å². The first-order valence-electron chi connectivity index (χ1n) is 7.38. The molecule has 1 aliphatic heterocycles. The molecule has 1 fully saturated rings. The molecule has 0 bridgehead atoms. The highest BCUT2D eigenvalue weighted by atomic mass is 16.5. The van der Waals surface area contributed by atoms with Crippen molar-refractivity contribution in [2.75, 3.05) is 39.9 Å². The number of piperidine rings is 1.